The van der Waals surface area contributed by atoms with Gasteiger partial charge in [-0.1, -0.05) is 13.3 Å². The summed E-state index contributed by atoms with van der Waals surface area (Å²) in [5, 5.41) is 18.8. The van der Waals surface area contributed by atoms with Crippen molar-refractivity contribution in [3.63, 3.8) is 0 Å². The molecule has 0 aromatic heterocycles. The minimum atomic E-state index is -0.476. The van der Waals surface area contributed by atoms with E-state index in [1.165, 1.54) is 19.3 Å². The van der Waals surface area contributed by atoms with Crippen molar-refractivity contribution >= 4 is 0 Å². The molecule has 0 amide bonds. The van der Waals surface area contributed by atoms with E-state index in [0.717, 1.165) is 19.0 Å². The first-order valence-corrected chi connectivity index (χ1v) is 7.74. The van der Waals surface area contributed by atoms with Crippen LogP contribution in [0.1, 0.15) is 31.7 Å². The van der Waals surface area contributed by atoms with Gasteiger partial charge in [0.25, 0.3) is 0 Å². The second kappa shape index (κ2) is 8.02. The van der Waals surface area contributed by atoms with Crippen LogP contribution in [0.15, 0.2) is 24.3 Å². The third kappa shape index (κ3) is 5.04. The molecule has 2 rings (SSSR count). The van der Waals surface area contributed by atoms with E-state index >= 15 is 0 Å². The molecule has 4 heteroatoms. The predicted molar refractivity (Wildman–Crippen MR) is 82.1 cm³/mol. The zero-order valence-electron chi connectivity index (χ0n) is 12.7. The first-order chi connectivity index (χ1) is 10.2. The zero-order valence-corrected chi connectivity index (χ0v) is 12.7. The van der Waals surface area contributed by atoms with Gasteiger partial charge in [0.1, 0.15) is 18.5 Å². The molecule has 0 aliphatic carbocycles. The highest BCUT2D eigenvalue weighted by atomic mass is 16.5. The third-order valence-corrected chi connectivity index (χ3v) is 4.08. The third-order valence-electron chi connectivity index (χ3n) is 4.08. The molecule has 1 aromatic rings. The Labute approximate surface area is 127 Å². The monoisotopic (exact) mass is 288 g/mol. The summed E-state index contributed by atoms with van der Waals surface area (Å²) in [5.74, 6) is 1.46. The fourth-order valence-electron chi connectivity index (χ4n) is 2.82. The van der Waals surface area contributed by atoms with Crippen LogP contribution in [-0.2, 0) is 0 Å². The topological polar surface area (TPSA) is 56.5 Å². The SMILES string of the molecule is CCC1CCCN(CC(O)COc2ccc(C#N)cc2)C1. The normalized spacial score (nSPS) is 20.7. The lowest BCUT2D eigenvalue weighted by atomic mass is 9.95. The fourth-order valence-corrected chi connectivity index (χ4v) is 2.82. The number of aliphatic hydroxyl groups excluding tert-OH is 1. The predicted octanol–water partition coefficient (Wildman–Crippen LogP) is 2.42. The molecule has 0 radical (unpaired) electrons. The van der Waals surface area contributed by atoms with Crippen LogP contribution in [0.5, 0.6) is 5.75 Å². The summed E-state index contributed by atoms with van der Waals surface area (Å²) >= 11 is 0. The average Bonchev–Trinajstić information content (AvgIpc) is 2.53. The minimum Gasteiger partial charge on any atom is -0.491 e. The Hall–Kier alpha value is -1.57. The molecule has 1 aliphatic heterocycles. The summed E-state index contributed by atoms with van der Waals surface area (Å²) in [6.07, 6.45) is 3.28. The summed E-state index contributed by atoms with van der Waals surface area (Å²) in [7, 11) is 0. The van der Waals surface area contributed by atoms with Gasteiger partial charge in [-0.25, -0.2) is 0 Å². The van der Waals surface area contributed by atoms with Gasteiger partial charge in [0.05, 0.1) is 11.6 Å². The standard InChI is InChI=1S/C17H24N2O2/c1-2-14-4-3-9-19(11-14)12-16(20)13-21-17-7-5-15(10-18)6-8-17/h5-8,14,16,20H,2-4,9,11-13H2,1H3. The molecule has 1 aromatic carbocycles. The van der Waals surface area contributed by atoms with Gasteiger partial charge < -0.3 is 14.7 Å². The van der Waals surface area contributed by atoms with Gasteiger partial charge in [0.15, 0.2) is 0 Å². The van der Waals surface area contributed by atoms with Crippen LogP contribution in [0, 0.1) is 17.2 Å². The van der Waals surface area contributed by atoms with E-state index in [1.54, 1.807) is 24.3 Å². The number of likely N-dealkylation sites (tertiary alicyclic amines) is 1. The Bertz CT molecular complexity index is 467. The smallest absolute Gasteiger partial charge is 0.119 e. The fraction of sp³-hybridized carbons (Fsp3) is 0.588. The lowest BCUT2D eigenvalue weighted by molar-refractivity contribution is 0.0515. The van der Waals surface area contributed by atoms with Crippen LogP contribution in [0.25, 0.3) is 0 Å². The molecule has 0 saturated carbocycles. The highest BCUT2D eigenvalue weighted by molar-refractivity contribution is 5.34. The number of ether oxygens (including phenoxy) is 1. The van der Waals surface area contributed by atoms with Crippen LogP contribution in [-0.4, -0.2) is 42.4 Å². The number of aliphatic hydroxyl groups is 1. The van der Waals surface area contributed by atoms with Crippen molar-refractivity contribution in [3.8, 4) is 11.8 Å². The first kappa shape index (κ1) is 15.8. The summed E-state index contributed by atoms with van der Waals surface area (Å²) in [4.78, 5) is 2.34. The highest BCUT2D eigenvalue weighted by Crippen LogP contribution is 2.19. The maximum absolute atomic E-state index is 10.1. The molecule has 1 fully saturated rings. The van der Waals surface area contributed by atoms with E-state index in [1.807, 2.05) is 0 Å². The quantitative estimate of drug-likeness (QED) is 0.873. The Kier molecular flexibility index (Phi) is 6.04. The number of β-amino-alcohol motifs (C(OH)–C–C–N with tert-alkyl or cyclic N) is 1. The lowest BCUT2D eigenvalue weighted by Gasteiger charge is -2.33. The molecular formula is C17H24N2O2. The zero-order chi connectivity index (χ0) is 15.1. The summed E-state index contributed by atoms with van der Waals surface area (Å²) in [6.45, 7) is 5.36. The molecule has 1 aliphatic rings. The van der Waals surface area contributed by atoms with Crippen molar-refractivity contribution < 1.29 is 9.84 Å². The molecule has 2 unspecified atom stereocenters. The van der Waals surface area contributed by atoms with Gasteiger partial charge in [-0.15, -0.1) is 0 Å². The van der Waals surface area contributed by atoms with Gasteiger partial charge in [-0.3, -0.25) is 0 Å². The molecular weight excluding hydrogens is 264 g/mol. The highest BCUT2D eigenvalue weighted by Gasteiger charge is 2.20. The summed E-state index contributed by atoms with van der Waals surface area (Å²) < 4.78 is 5.58. The van der Waals surface area contributed by atoms with Crippen LogP contribution in [0.4, 0.5) is 0 Å². The van der Waals surface area contributed by atoms with Gasteiger partial charge in [-0.05, 0) is 49.6 Å². The summed E-state index contributed by atoms with van der Waals surface area (Å²) in [6, 6.07) is 9.04. The number of rotatable bonds is 6. The molecule has 2 atom stereocenters. The van der Waals surface area contributed by atoms with Crippen molar-refractivity contribution in [1.82, 2.24) is 4.90 Å². The number of hydrogen-bond donors (Lipinski definition) is 1. The van der Waals surface area contributed by atoms with Gasteiger partial charge in [-0.2, -0.15) is 5.26 Å². The molecule has 0 spiro atoms. The van der Waals surface area contributed by atoms with Crippen LogP contribution in [0.2, 0.25) is 0 Å². The lowest BCUT2D eigenvalue weighted by Crippen LogP contribution is -2.41. The number of hydrogen-bond acceptors (Lipinski definition) is 4. The molecule has 1 heterocycles. The van der Waals surface area contributed by atoms with E-state index in [4.69, 9.17) is 10.00 Å². The van der Waals surface area contributed by atoms with E-state index in [2.05, 4.69) is 17.9 Å². The molecule has 1 saturated heterocycles. The van der Waals surface area contributed by atoms with Gasteiger partial charge >= 0.3 is 0 Å². The number of benzene rings is 1. The van der Waals surface area contributed by atoms with Crippen molar-refractivity contribution in [3.05, 3.63) is 29.8 Å². The van der Waals surface area contributed by atoms with E-state index < -0.39 is 6.10 Å². The minimum absolute atomic E-state index is 0.291. The van der Waals surface area contributed by atoms with E-state index in [-0.39, 0.29) is 0 Å². The van der Waals surface area contributed by atoms with Crippen LogP contribution >= 0.6 is 0 Å². The molecule has 1 N–H and O–H groups in total. The van der Waals surface area contributed by atoms with Crippen LogP contribution < -0.4 is 4.74 Å². The van der Waals surface area contributed by atoms with E-state index in [9.17, 15) is 5.11 Å². The van der Waals surface area contributed by atoms with Crippen molar-refractivity contribution in [2.75, 3.05) is 26.2 Å². The number of nitrogens with zero attached hydrogens (tertiary/aromatic N) is 2. The second-order valence-corrected chi connectivity index (χ2v) is 5.78. The van der Waals surface area contributed by atoms with E-state index in [0.29, 0.717) is 24.5 Å². The van der Waals surface area contributed by atoms with Gasteiger partial charge in [0.2, 0.25) is 0 Å². The van der Waals surface area contributed by atoms with Crippen molar-refractivity contribution in [1.29, 1.82) is 5.26 Å². The number of piperidine rings is 1. The maximum atomic E-state index is 10.1. The second-order valence-electron chi connectivity index (χ2n) is 5.78. The van der Waals surface area contributed by atoms with Crippen molar-refractivity contribution in [2.45, 2.75) is 32.3 Å². The Balaban J connectivity index is 1.73. The van der Waals surface area contributed by atoms with Crippen molar-refractivity contribution in [2.24, 2.45) is 5.92 Å². The summed E-state index contributed by atoms with van der Waals surface area (Å²) in [5.41, 5.74) is 0.613. The molecule has 21 heavy (non-hydrogen) atoms. The Morgan fingerprint density at radius 3 is 2.86 bits per heavy atom. The molecule has 0 bridgehead atoms. The average molecular weight is 288 g/mol. The largest absolute Gasteiger partial charge is 0.491 e. The molecule has 114 valence electrons. The first-order valence-electron chi connectivity index (χ1n) is 7.74. The molecule has 4 nitrogen and oxygen atoms in total. The Morgan fingerprint density at radius 2 is 2.19 bits per heavy atom. The van der Waals surface area contributed by atoms with Crippen LogP contribution in [0.3, 0.4) is 0 Å². The Morgan fingerprint density at radius 1 is 1.43 bits per heavy atom. The maximum Gasteiger partial charge on any atom is 0.119 e. The number of nitriles is 1. The van der Waals surface area contributed by atoms with Gasteiger partial charge in [0, 0.05) is 13.1 Å².